The number of quaternary nitrogens is 1. The van der Waals surface area contributed by atoms with E-state index in [1.54, 1.807) is 0 Å². The molecule has 1 unspecified atom stereocenters. The number of unbranched alkanes of at least 4 members (excludes halogenated alkanes) is 1. The van der Waals surface area contributed by atoms with E-state index in [1.807, 2.05) is 14.1 Å². The highest BCUT2D eigenvalue weighted by atomic mass is 16.2. The first kappa shape index (κ1) is 21.1. The Morgan fingerprint density at radius 3 is 2.33 bits per heavy atom. The third kappa shape index (κ3) is 6.89. The molecule has 5 nitrogen and oxygen atoms in total. The van der Waals surface area contributed by atoms with E-state index in [0.29, 0.717) is 10.5 Å². The number of carbonyl (C=O) groups excluding carboxylic acids is 2. The van der Waals surface area contributed by atoms with Crippen molar-refractivity contribution in [2.45, 2.75) is 77.8 Å². The monoisotopic (exact) mass is 340 g/mol. The van der Waals surface area contributed by atoms with Gasteiger partial charge >= 0.3 is 5.91 Å². The van der Waals surface area contributed by atoms with Crippen LogP contribution in [-0.2, 0) is 9.59 Å². The first-order chi connectivity index (χ1) is 11.3. The second-order valence-electron chi connectivity index (χ2n) is 7.85. The highest BCUT2D eigenvalue weighted by Crippen LogP contribution is 2.16. The zero-order chi connectivity index (χ0) is 18.2. The first-order valence-corrected chi connectivity index (χ1v) is 9.70. The molecule has 0 aromatic heterocycles. The van der Waals surface area contributed by atoms with E-state index >= 15 is 0 Å². The maximum atomic E-state index is 12.3. The van der Waals surface area contributed by atoms with Crippen LogP contribution in [0.5, 0.6) is 0 Å². The van der Waals surface area contributed by atoms with Crippen molar-refractivity contribution in [3.05, 3.63) is 0 Å². The molecular formula is C19H38N3O2+. The van der Waals surface area contributed by atoms with Gasteiger partial charge in [0.05, 0.1) is 20.6 Å². The minimum atomic E-state index is -0.109. The molecule has 1 aliphatic heterocycles. The quantitative estimate of drug-likeness (QED) is 0.518. The number of likely N-dealkylation sites (tertiary alicyclic amines) is 1. The Morgan fingerprint density at radius 1 is 1.17 bits per heavy atom. The molecule has 0 bridgehead atoms. The second kappa shape index (κ2) is 10.1. The van der Waals surface area contributed by atoms with Crippen LogP contribution >= 0.6 is 0 Å². The predicted molar refractivity (Wildman–Crippen MR) is 98.6 cm³/mol. The summed E-state index contributed by atoms with van der Waals surface area (Å²) in [6.07, 6.45) is 6.50. The second-order valence-corrected chi connectivity index (χ2v) is 7.85. The zero-order valence-electron chi connectivity index (χ0n) is 16.4. The Hall–Kier alpha value is -0.940. The summed E-state index contributed by atoms with van der Waals surface area (Å²) in [5.74, 6) is -0.0993. The van der Waals surface area contributed by atoms with Gasteiger partial charge in [0.25, 0.3) is 0 Å². The van der Waals surface area contributed by atoms with Crippen molar-refractivity contribution >= 4 is 11.8 Å². The fraction of sp³-hybridized carbons (Fsp3) is 0.895. The van der Waals surface area contributed by atoms with E-state index in [4.69, 9.17) is 0 Å². The average Bonchev–Trinajstić information content (AvgIpc) is 2.53. The highest BCUT2D eigenvalue weighted by molar-refractivity contribution is 5.94. The van der Waals surface area contributed by atoms with Crippen molar-refractivity contribution in [3.8, 4) is 0 Å². The molecule has 1 fully saturated rings. The van der Waals surface area contributed by atoms with Gasteiger partial charge in [-0.1, -0.05) is 26.7 Å². The van der Waals surface area contributed by atoms with Crippen LogP contribution in [0.3, 0.4) is 0 Å². The lowest BCUT2D eigenvalue weighted by molar-refractivity contribution is -0.814. The van der Waals surface area contributed by atoms with Crippen LogP contribution in [-0.4, -0.2) is 67.0 Å². The number of nitrogens with one attached hydrogen (secondary N) is 1. The number of piperidine rings is 1. The summed E-state index contributed by atoms with van der Waals surface area (Å²) in [5.41, 5.74) is 0. The highest BCUT2D eigenvalue weighted by Gasteiger charge is 2.29. The van der Waals surface area contributed by atoms with Crippen LogP contribution in [0.15, 0.2) is 0 Å². The summed E-state index contributed by atoms with van der Waals surface area (Å²) in [4.78, 5) is 27.1. The molecule has 0 aromatic carbocycles. The maximum Gasteiger partial charge on any atom is 0.322 e. The molecular weight excluding hydrogens is 302 g/mol. The molecule has 1 rings (SSSR count). The standard InChI is InChI=1S/C19H37N3O2/c1-6-8-14-22(4,5)19(24)15-18(23)20-17-10-12-21(13-11-17)16(3)9-7-2/h16-17H,6-15H2,1-5H3/p+1. The lowest BCUT2D eigenvalue weighted by atomic mass is 10.0. The van der Waals surface area contributed by atoms with Gasteiger partial charge in [-0.3, -0.25) is 9.28 Å². The summed E-state index contributed by atoms with van der Waals surface area (Å²) in [7, 11) is 3.80. The predicted octanol–water partition coefficient (Wildman–Crippen LogP) is 2.55. The summed E-state index contributed by atoms with van der Waals surface area (Å²) < 4.78 is 0.300. The molecule has 0 saturated carbocycles. The van der Waals surface area contributed by atoms with Gasteiger partial charge in [-0.2, -0.15) is 0 Å². The Bertz CT molecular complexity index is 401. The third-order valence-electron chi connectivity index (χ3n) is 5.28. The van der Waals surface area contributed by atoms with Crippen molar-refractivity contribution in [3.63, 3.8) is 0 Å². The SMILES string of the molecule is CCCC[N+](C)(C)C(=O)CC(=O)NC1CCN(C(C)CCC)CC1. The largest absolute Gasteiger partial charge is 0.353 e. The number of hydrogen-bond acceptors (Lipinski definition) is 3. The minimum Gasteiger partial charge on any atom is -0.353 e. The topological polar surface area (TPSA) is 49.4 Å². The zero-order valence-corrected chi connectivity index (χ0v) is 16.4. The fourth-order valence-electron chi connectivity index (χ4n) is 3.39. The van der Waals surface area contributed by atoms with Crippen LogP contribution in [0, 0.1) is 0 Å². The van der Waals surface area contributed by atoms with Gasteiger partial charge in [0.1, 0.15) is 6.42 Å². The summed E-state index contributed by atoms with van der Waals surface area (Å²) in [5, 5.41) is 3.07. The smallest absolute Gasteiger partial charge is 0.322 e. The Balaban J connectivity index is 2.35. The lowest BCUT2D eigenvalue weighted by Gasteiger charge is -2.36. The van der Waals surface area contributed by atoms with Gasteiger partial charge < -0.3 is 10.2 Å². The van der Waals surface area contributed by atoms with Gasteiger partial charge in [-0.25, -0.2) is 4.79 Å². The first-order valence-electron chi connectivity index (χ1n) is 9.70. The van der Waals surface area contributed by atoms with Gasteiger partial charge in [-0.15, -0.1) is 0 Å². The lowest BCUT2D eigenvalue weighted by Crippen LogP contribution is -2.50. The molecule has 2 amide bonds. The Kier molecular flexibility index (Phi) is 8.92. The minimum absolute atomic E-state index is 0.00314. The van der Waals surface area contributed by atoms with E-state index in [0.717, 1.165) is 45.3 Å². The molecule has 140 valence electrons. The van der Waals surface area contributed by atoms with Crippen LogP contribution in [0.25, 0.3) is 0 Å². The van der Waals surface area contributed by atoms with Gasteiger partial charge in [0.15, 0.2) is 0 Å². The van der Waals surface area contributed by atoms with Crippen molar-refractivity contribution in [2.75, 3.05) is 33.7 Å². The maximum absolute atomic E-state index is 12.3. The molecule has 1 aliphatic rings. The molecule has 1 N–H and O–H groups in total. The van der Waals surface area contributed by atoms with Crippen LogP contribution < -0.4 is 5.32 Å². The van der Waals surface area contributed by atoms with E-state index in [1.165, 1.54) is 12.8 Å². The van der Waals surface area contributed by atoms with Gasteiger partial charge in [0, 0.05) is 25.2 Å². The van der Waals surface area contributed by atoms with E-state index in [9.17, 15) is 9.59 Å². The van der Waals surface area contributed by atoms with Crippen molar-refractivity contribution in [1.29, 1.82) is 0 Å². The summed E-state index contributed by atoms with van der Waals surface area (Å²) in [6, 6.07) is 0.853. The third-order valence-corrected chi connectivity index (χ3v) is 5.28. The van der Waals surface area contributed by atoms with E-state index in [-0.39, 0.29) is 24.3 Å². The van der Waals surface area contributed by atoms with Gasteiger partial charge in [-0.05, 0) is 32.6 Å². The Morgan fingerprint density at radius 2 is 1.79 bits per heavy atom. The van der Waals surface area contributed by atoms with Crippen LogP contribution in [0.4, 0.5) is 0 Å². The van der Waals surface area contributed by atoms with Crippen LogP contribution in [0.2, 0.25) is 0 Å². The summed E-state index contributed by atoms with van der Waals surface area (Å²) >= 11 is 0. The number of rotatable bonds is 9. The number of amides is 2. The van der Waals surface area contributed by atoms with Crippen LogP contribution in [0.1, 0.15) is 65.7 Å². The molecule has 1 heterocycles. The molecule has 5 heteroatoms. The van der Waals surface area contributed by atoms with Crippen molar-refractivity contribution in [2.24, 2.45) is 0 Å². The molecule has 0 radical (unpaired) electrons. The molecule has 1 atom stereocenters. The molecule has 24 heavy (non-hydrogen) atoms. The van der Waals surface area contributed by atoms with Crippen molar-refractivity contribution < 1.29 is 14.1 Å². The van der Waals surface area contributed by atoms with E-state index < -0.39 is 0 Å². The Labute approximate surface area is 148 Å². The summed E-state index contributed by atoms with van der Waals surface area (Å²) in [6.45, 7) is 9.51. The normalized spacial score (nSPS) is 18.4. The molecule has 0 spiro atoms. The molecule has 1 saturated heterocycles. The van der Waals surface area contributed by atoms with Gasteiger partial charge in [0.2, 0.25) is 5.91 Å². The van der Waals surface area contributed by atoms with E-state index in [2.05, 4.69) is 31.0 Å². The fourth-order valence-corrected chi connectivity index (χ4v) is 3.39. The average molecular weight is 341 g/mol. The molecule has 0 aromatic rings. The number of carbonyl (C=O) groups is 2. The number of hydrogen-bond donors (Lipinski definition) is 1. The van der Waals surface area contributed by atoms with Crippen molar-refractivity contribution in [1.82, 2.24) is 10.2 Å². The molecule has 0 aliphatic carbocycles. The number of nitrogens with zero attached hydrogens (tertiary/aromatic N) is 2.